The van der Waals surface area contributed by atoms with Crippen molar-refractivity contribution in [3.05, 3.63) is 29.8 Å². The van der Waals surface area contributed by atoms with E-state index in [0.717, 1.165) is 17.5 Å². The molecule has 1 heteroatoms. The molecule has 0 aromatic heterocycles. The van der Waals surface area contributed by atoms with Crippen molar-refractivity contribution in [2.24, 2.45) is 5.92 Å². The van der Waals surface area contributed by atoms with Crippen LogP contribution in [-0.4, -0.2) is 0 Å². The highest BCUT2D eigenvalue weighted by Gasteiger charge is 2.21. The number of nitrogens with two attached hydrogens (primary N) is 1. The first kappa shape index (κ1) is 10.5. The van der Waals surface area contributed by atoms with E-state index in [1.807, 2.05) is 6.07 Å². The van der Waals surface area contributed by atoms with Gasteiger partial charge in [0.05, 0.1) is 0 Å². The van der Waals surface area contributed by atoms with Gasteiger partial charge in [-0.1, -0.05) is 38.3 Å². The van der Waals surface area contributed by atoms with E-state index < -0.39 is 0 Å². The average molecular weight is 203 g/mol. The largest absolute Gasteiger partial charge is 0.399 e. The fourth-order valence-corrected chi connectivity index (χ4v) is 2.78. The van der Waals surface area contributed by atoms with Crippen LogP contribution in [0.25, 0.3) is 0 Å². The fraction of sp³-hybridized carbons (Fsp3) is 0.571. The van der Waals surface area contributed by atoms with Gasteiger partial charge in [-0.3, -0.25) is 0 Å². The van der Waals surface area contributed by atoms with Crippen LogP contribution in [0.3, 0.4) is 0 Å². The molecule has 1 aliphatic rings. The SMILES string of the molecule is CC[C@@H]1CCC[C@H](c2cccc(N)c2)C1. The Hall–Kier alpha value is -0.980. The molecule has 0 bridgehead atoms. The highest BCUT2D eigenvalue weighted by atomic mass is 14.5. The van der Waals surface area contributed by atoms with Gasteiger partial charge >= 0.3 is 0 Å². The summed E-state index contributed by atoms with van der Waals surface area (Å²) in [6.07, 6.45) is 6.85. The van der Waals surface area contributed by atoms with E-state index in [1.54, 1.807) is 0 Å². The predicted octanol–water partition coefficient (Wildman–Crippen LogP) is 3.95. The number of nitrogen functional groups attached to an aromatic ring is 1. The van der Waals surface area contributed by atoms with Gasteiger partial charge in [0, 0.05) is 5.69 Å². The molecule has 1 aromatic carbocycles. The van der Waals surface area contributed by atoms with Crippen LogP contribution >= 0.6 is 0 Å². The zero-order valence-corrected chi connectivity index (χ0v) is 9.58. The maximum absolute atomic E-state index is 5.83. The molecule has 0 spiro atoms. The molecular formula is C14H21N. The summed E-state index contributed by atoms with van der Waals surface area (Å²) in [6.45, 7) is 2.31. The van der Waals surface area contributed by atoms with Crippen LogP contribution in [-0.2, 0) is 0 Å². The van der Waals surface area contributed by atoms with E-state index in [-0.39, 0.29) is 0 Å². The summed E-state index contributed by atoms with van der Waals surface area (Å²) in [5, 5.41) is 0. The fourth-order valence-electron chi connectivity index (χ4n) is 2.78. The molecule has 0 aliphatic heterocycles. The van der Waals surface area contributed by atoms with Crippen molar-refractivity contribution in [2.45, 2.75) is 44.9 Å². The number of anilines is 1. The molecule has 1 nitrogen and oxygen atoms in total. The van der Waals surface area contributed by atoms with Crippen molar-refractivity contribution in [3.8, 4) is 0 Å². The first-order valence-corrected chi connectivity index (χ1v) is 6.15. The normalized spacial score (nSPS) is 26.5. The molecule has 1 aliphatic carbocycles. The summed E-state index contributed by atoms with van der Waals surface area (Å²) in [5.41, 5.74) is 8.19. The number of rotatable bonds is 2. The molecule has 0 radical (unpaired) electrons. The summed E-state index contributed by atoms with van der Waals surface area (Å²) >= 11 is 0. The molecule has 0 heterocycles. The minimum atomic E-state index is 0.757. The third kappa shape index (κ3) is 2.53. The van der Waals surface area contributed by atoms with Crippen LogP contribution in [0.5, 0.6) is 0 Å². The van der Waals surface area contributed by atoms with Gasteiger partial charge < -0.3 is 5.73 Å². The minimum absolute atomic E-state index is 0.757. The zero-order valence-electron chi connectivity index (χ0n) is 9.58. The molecule has 2 rings (SSSR count). The van der Waals surface area contributed by atoms with Crippen LogP contribution in [0.4, 0.5) is 5.69 Å². The van der Waals surface area contributed by atoms with Crippen molar-refractivity contribution in [2.75, 3.05) is 5.73 Å². The summed E-state index contributed by atoms with van der Waals surface area (Å²) in [6, 6.07) is 8.45. The van der Waals surface area contributed by atoms with Gasteiger partial charge in [0.1, 0.15) is 0 Å². The Morgan fingerprint density at radius 1 is 1.33 bits per heavy atom. The minimum Gasteiger partial charge on any atom is -0.399 e. The van der Waals surface area contributed by atoms with Crippen molar-refractivity contribution in [1.82, 2.24) is 0 Å². The van der Waals surface area contributed by atoms with Gasteiger partial charge in [0.25, 0.3) is 0 Å². The second kappa shape index (κ2) is 4.69. The summed E-state index contributed by atoms with van der Waals surface area (Å²) in [7, 11) is 0. The Morgan fingerprint density at radius 2 is 2.20 bits per heavy atom. The molecule has 0 amide bonds. The molecule has 2 N–H and O–H groups in total. The van der Waals surface area contributed by atoms with Crippen LogP contribution in [0.2, 0.25) is 0 Å². The zero-order chi connectivity index (χ0) is 10.7. The van der Waals surface area contributed by atoms with Crippen molar-refractivity contribution in [1.29, 1.82) is 0 Å². The van der Waals surface area contributed by atoms with E-state index in [0.29, 0.717) is 0 Å². The summed E-state index contributed by atoms with van der Waals surface area (Å²) in [4.78, 5) is 0. The molecule has 0 saturated heterocycles. The van der Waals surface area contributed by atoms with Crippen molar-refractivity contribution < 1.29 is 0 Å². The maximum atomic E-state index is 5.83. The second-order valence-electron chi connectivity index (χ2n) is 4.81. The number of benzene rings is 1. The average Bonchev–Trinajstić information content (AvgIpc) is 2.29. The Bertz CT molecular complexity index is 319. The van der Waals surface area contributed by atoms with Gasteiger partial charge in [0.2, 0.25) is 0 Å². The second-order valence-corrected chi connectivity index (χ2v) is 4.81. The van der Waals surface area contributed by atoms with Gasteiger partial charge in [-0.25, -0.2) is 0 Å². The molecule has 1 aromatic rings. The highest BCUT2D eigenvalue weighted by Crippen LogP contribution is 2.37. The van der Waals surface area contributed by atoms with Gasteiger partial charge in [0.15, 0.2) is 0 Å². The Balaban J connectivity index is 2.09. The summed E-state index contributed by atoms with van der Waals surface area (Å²) < 4.78 is 0. The first-order valence-electron chi connectivity index (χ1n) is 6.15. The number of hydrogen-bond donors (Lipinski definition) is 1. The quantitative estimate of drug-likeness (QED) is 0.723. The van der Waals surface area contributed by atoms with E-state index in [4.69, 9.17) is 5.73 Å². The van der Waals surface area contributed by atoms with Crippen LogP contribution in [0.15, 0.2) is 24.3 Å². The molecule has 1 fully saturated rings. The van der Waals surface area contributed by atoms with Crippen LogP contribution in [0, 0.1) is 5.92 Å². The third-order valence-corrected chi connectivity index (χ3v) is 3.74. The van der Waals surface area contributed by atoms with Gasteiger partial charge in [-0.2, -0.15) is 0 Å². The maximum Gasteiger partial charge on any atom is 0.0316 e. The highest BCUT2D eigenvalue weighted by molar-refractivity contribution is 5.41. The predicted molar refractivity (Wildman–Crippen MR) is 65.8 cm³/mol. The Kier molecular flexibility index (Phi) is 3.30. The van der Waals surface area contributed by atoms with Gasteiger partial charge in [-0.15, -0.1) is 0 Å². The number of hydrogen-bond acceptors (Lipinski definition) is 1. The smallest absolute Gasteiger partial charge is 0.0316 e. The van der Waals surface area contributed by atoms with Crippen molar-refractivity contribution in [3.63, 3.8) is 0 Å². The lowest BCUT2D eigenvalue weighted by Gasteiger charge is -2.28. The van der Waals surface area contributed by atoms with Crippen LogP contribution in [0.1, 0.15) is 50.5 Å². The lowest BCUT2D eigenvalue weighted by Crippen LogP contribution is -2.13. The molecule has 82 valence electrons. The molecular weight excluding hydrogens is 182 g/mol. The Morgan fingerprint density at radius 3 is 2.93 bits per heavy atom. The van der Waals surface area contributed by atoms with Gasteiger partial charge in [-0.05, 0) is 42.4 Å². The van der Waals surface area contributed by atoms with E-state index >= 15 is 0 Å². The van der Waals surface area contributed by atoms with E-state index in [2.05, 4.69) is 25.1 Å². The van der Waals surface area contributed by atoms with Crippen molar-refractivity contribution >= 4 is 5.69 Å². The van der Waals surface area contributed by atoms with E-state index in [1.165, 1.54) is 37.7 Å². The van der Waals surface area contributed by atoms with Crippen LogP contribution < -0.4 is 5.73 Å². The first-order chi connectivity index (χ1) is 7.29. The molecule has 2 atom stereocenters. The lowest BCUT2D eigenvalue weighted by atomic mass is 9.77. The molecule has 1 saturated carbocycles. The monoisotopic (exact) mass is 203 g/mol. The molecule has 15 heavy (non-hydrogen) atoms. The standard InChI is InChI=1S/C14H21N/c1-2-11-5-3-6-12(9-11)13-7-4-8-14(15)10-13/h4,7-8,10-12H,2-3,5-6,9,15H2,1H3/t11-,12+/m1/s1. The molecule has 0 unspecified atom stereocenters. The lowest BCUT2D eigenvalue weighted by molar-refractivity contribution is 0.314. The Labute approximate surface area is 92.7 Å². The van der Waals surface area contributed by atoms with E-state index in [9.17, 15) is 0 Å². The topological polar surface area (TPSA) is 26.0 Å². The summed E-state index contributed by atoms with van der Waals surface area (Å²) in [5.74, 6) is 1.69. The third-order valence-electron chi connectivity index (χ3n) is 3.74.